The number of carbonyl (C=O) groups is 3. The Morgan fingerprint density at radius 3 is 2.34 bits per heavy atom. The van der Waals surface area contributed by atoms with Gasteiger partial charge in [-0.3, -0.25) is 14.7 Å². The zero-order valence-corrected chi connectivity index (χ0v) is 23.4. The van der Waals surface area contributed by atoms with Crippen LogP contribution >= 0.6 is 0 Å². The molecule has 3 rings (SSSR count). The summed E-state index contributed by atoms with van der Waals surface area (Å²) in [6.07, 6.45) is 5.22. The number of rotatable bonds is 9. The van der Waals surface area contributed by atoms with Crippen LogP contribution in [0.4, 0.5) is 0 Å². The number of likely N-dealkylation sites (tertiary alicyclic amines) is 1. The van der Waals surface area contributed by atoms with Gasteiger partial charge in [0.2, 0.25) is 0 Å². The monoisotopic (exact) mass is 524 g/mol. The van der Waals surface area contributed by atoms with Crippen molar-refractivity contribution in [3.05, 3.63) is 52.7 Å². The van der Waals surface area contributed by atoms with Gasteiger partial charge >= 0.3 is 17.9 Å². The van der Waals surface area contributed by atoms with E-state index < -0.39 is 35.3 Å². The first kappa shape index (κ1) is 29.3. The molecule has 1 saturated heterocycles. The van der Waals surface area contributed by atoms with Gasteiger partial charge in [0.25, 0.3) is 0 Å². The highest BCUT2D eigenvalue weighted by atomic mass is 16.6. The average Bonchev–Trinajstić information content (AvgIpc) is 3.35. The fraction of sp³-hybridized carbons (Fsp3) is 0.533. The minimum Gasteiger partial charge on any atom is -0.465 e. The molecule has 0 spiro atoms. The maximum Gasteiger partial charge on any atom is 0.336 e. The SMILES string of the molecule is CCOC(=O)C1=C(CN2CCCC2)N=C(C)C(C(=O)OCC)C1c1ccccc1C=CC(=O)OC(C)(C)C. The molecule has 2 atom stereocenters. The van der Waals surface area contributed by atoms with Crippen LogP contribution in [0.25, 0.3) is 6.08 Å². The Balaban J connectivity index is 2.17. The standard InChI is InChI=1S/C30H40N2O6/c1-7-36-28(34)25-20(3)31-23(19-32-17-11-12-18-32)27(29(35)37-8-2)26(25)22-14-10-9-13-21(22)15-16-24(33)38-30(4,5)6/h9-10,13-16,25-26H,7-8,11-12,17-19H2,1-6H3. The van der Waals surface area contributed by atoms with Gasteiger partial charge < -0.3 is 14.2 Å². The molecule has 2 heterocycles. The van der Waals surface area contributed by atoms with E-state index in [0.717, 1.165) is 25.9 Å². The van der Waals surface area contributed by atoms with Crippen molar-refractivity contribution >= 4 is 29.7 Å². The summed E-state index contributed by atoms with van der Waals surface area (Å²) in [6.45, 7) is 13.5. The molecule has 8 heteroatoms. The number of carbonyl (C=O) groups excluding carboxylic acids is 3. The lowest BCUT2D eigenvalue weighted by Gasteiger charge is -2.34. The Kier molecular flexibility index (Phi) is 10.0. The molecule has 8 nitrogen and oxygen atoms in total. The number of hydrogen-bond donors (Lipinski definition) is 0. The van der Waals surface area contributed by atoms with Crippen molar-refractivity contribution in [1.29, 1.82) is 0 Å². The smallest absolute Gasteiger partial charge is 0.336 e. The van der Waals surface area contributed by atoms with E-state index in [-0.39, 0.29) is 13.2 Å². The van der Waals surface area contributed by atoms with Crippen molar-refractivity contribution in [2.45, 2.75) is 65.9 Å². The Hall–Kier alpha value is -3.26. The molecule has 0 bridgehead atoms. The van der Waals surface area contributed by atoms with Crippen LogP contribution in [0.5, 0.6) is 0 Å². The molecule has 206 valence electrons. The molecule has 2 unspecified atom stereocenters. The van der Waals surface area contributed by atoms with Gasteiger partial charge in [0.15, 0.2) is 0 Å². The number of aliphatic imine (C=N–C) groups is 1. The second-order valence-corrected chi connectivity index (χ2v) is 10.5. The Morgan fingerprint density at radius 2 is 1.71 bits per heavy atom. The van der Waals surface area contributed by atoms with E-state index in [2.05, 4.69) is 4.90 Å². The maximum atomic E-state index is 13.5. The number of hydrogen-bond acceptors (Lipinski definition) is 8. The molecule has 0 N–H and O–H groups in total. The van der Waals surface area contributed by atoms with Crippen LogP contribution in [0.15, 0.2) is 46.6 Å². The summed E-state index contributed by atoms with van der Waals surface area (Å²) in [6, 6.07) is 7.42. The van der Waals surface area contributed by atoms with Gasteiger partial charge in [-0.1, -0.05) is 24.3 Å². The third-order valence-corrected chi connectivity index (χ3v) is 6.46. The van der Waals surface area contributed by atoms with Crippen molar-refractivity contribution in [3.8, 4) is 0 Å². The number of benzene rings is 1. The Morgan fingerprint density at radius 1 is 1.05 bits per heavy atom. The summed E-state index contributed by atoms with van der Waals surface area (Å²) in [4.78, 5) is 46.3. The van der Waals surface area contributed by atoms with Crippen LogP contribution in [-0.2, 0) is 28.6 Å². The molecule has 0 saturated carbocycles. The Bertz CT molecular complexity index is 1120. The minimum absolute atomic E-state index is 0.193. The van der Waals surface area contributed by atoms with Gasteiger partial charge in [0, 0.05) is 24.3 Å². The van der Waals surface area contributed by atoms with Crippen molar-refractivity contribution < 1.29 is 28.6 Å². The molecule has 0 amide bonds. The summed E-state index contributed by atoms with van der Waals surface area (Å²) in [7, 11) is 0. The number of ether oxygens (including phenoxy) is 3. The first-order valence-electron chi connectivity index (χ1n) is 13.4. The third-order valence-electron chi connectivity index (χ3n) is 6.46. The van der Waals surface area contributed by atoms with E-state index >= 15 is 0 Å². The molecule has 2 aliphatic heterocycles. The van der Waals surface area contributed by atoms with Crippen LogP contribution in [0.1, 0.15) is 71.4 Å². The molecule has 0 aliphatic carbocycles. The van der Waals surface area contributed by atoms with Crippen molar-refractivity contribution in [3.63, 3.8) is 0 Å². The summed E-state index contributed by atoms with van der Waals surface area (Å²) in [5.41, 5.74) is 2.33. The molecular weight excluding hydrogens is 484 g/mol. The van der Waals surface area contributed by atoms with E-state index in [1.54, 1.807) is 47.6 Å². The predicted molar refractivity (Wildman–Crippen MR) is 147 cm³/mol. The van der Waals surface area contributed by atoms with E-state index in [4.69, 9.17) is 19.2 Å². The fourth-order valence-electron chi connectivity index (χ4n) is 4.97. The van der Waals surface area contributed by atoms with Crippen LogP contribution in [0.3, 0.4) is 0 Å². The normalized spacial score (nSPS) is 20.4. The average molecular weight is 525 g/mol. The molecule has 1 aromatic carbocycles. The highest BCUT2D eigenvalue weighted by Gasteiger charge is 2.44. The molecule has 1 fully saturated rings. The molecular formula is C30H40N2O6. The molecule has 2 aliphatic rings. The van der Waals surface area contributed by atoms with E-state index in [9.17, 15) is 14.4 Å². The number of esters is 3. The highest BCUT2D eigenvalue weighted by molar-refractivity contribution is 6.07. The van der Waals surface area contributed by atoms with Gasteiger partial charge in [-0.15, -0.1) is 0 Å². The lowest BCUT2D eigenvalue weighted by Crippen LogP contribution is -2.38. The second kappa shape index (κ2) is 13.0. The van der Waals surface area contributed by atoms with Gasteiger partial charge in [0.1, 0.15) is 11.5 Å². The lowest BCUT2D eigenvalue weighted by molar-refractivity contribution is -0.149. The Labute approximate surface area is 225 Å². The van der Waals surface area contributed by atoms with E-state index in [1.165, 1.54) is 6.08 Å². The van der Waals surface area contributed by atoms with Gasteiger partial charge in [0.05, 0.1) is 24.5 Å². The third kappa shape index (κ3) is 7.40. The van der Waals surface area contributed by atoms with Crippen LogP contribution in [0.2, 0.25) is 0 Å². The van der Waals surface area contributed by atoms with Crippen LogP contribution in [-0.4, -0.2) is 67.0 Å². The summed E-state index contributed by atoms with van der Waals surface area (Å²) < 4.78 is 16.4. The first-order valence-corrected chi connectivity index (χ1v) is 13.4. The van der Waals surface area contributed by atoms with Crippen LogP contribution < -0.4 is 0 Å². The van der Waals surface area contributed by atoms with Gasteiger partial charge in [-0.05, 0) is 84.7 Å². The lowest BCUT2D eigenvalue weighted by atomic mass is 9.74. The van der Waals surface area contributed by atoms with Crippen molar-refractivity contribution in [2.75, 3.05) is 32.8 Å². The molecule has 0 radical (unpaired) electrons. The summed E-state index contributed by atoms with van der Waals surface area (Å²) >= 11 is 0. The van der Waals surface area contributed by atoms with Gasteiger partial charge in [-0.25, -0.2) is 9.59 Å². The quantitative estimate of drug-likeness (QED) is 0.263. The molecule has 38 heavy (non-hydrogen) atoms. The zero-order chi connectivity index (χ0) is 27.9. The molecule has 0 aromatic heterocycles. The molecule has 1 aromatic rings. The minimum atomic E-state index is -0.812. The topological polar surface area (TPSA) is 94.5 Å². The highest BCUT2D eigenvalue weighted by Crippen LogP contribution is 2.42. The van der Waals surface area contributed by atoms with Gasteiger partial charge in [-0.2, -0.15) is 0 Å². The number of nitrogens with zero attached hydrogens (tertiary/aromatic N) is 2. The van der Waals surface area contributed by atoms with E-state index in [1.807, 2.05) is 24.3 Å². The second-order valence-electron chi connectivity index (χ2n) is 10.5. The summed E-state index contributed by atoms with van der Waals surface area (Å²) in [5, 5.41) is 0. The zero-order valence-electron chi connectivity index (χ0n) is 23.4. The van der Waals surface area contributed by atoms with Crippen molar-refractivity contribution in [1.82, 2.24) is 4.90 Å². The predicted octanol–water partition coefficient (Wildman–Crippen LogP) is 4.69. The first-order chi connectivity index (χ1) is 18.1. The van der Waals surface area contributed by atoms with E-state index in [0.29, 0.717) is 34.7 Å². The fourth-order valence-corrected chi connectivity index (χ4v) is 4.97. The maximum absolute atomic E-state index is 13.5. The summed E-state index contributed by atoms with van der Waals surface area (Å²) in [5.74, 6) is -2.93. The van der Waals surface area contributed by atoms with Crippen molar-refractivity contribution in [2.24, 2.45) is 10.9 Å². The van der Waals surface area contributed by atoms with Crippen LogP contribution in [0, 0.1) is 5.92 Å². The largest absolute Gasteiger partial charge is 0.465 e.